The summed E-state index contributed by atoms with van der Waals surface area (Å²) in [6, 6.07) is 0.332. The van der Waals surface area contributed by atoms with Gasteiger partial charge in [-0.05, 0) is 26.7 Å². The van der Waals surface area contributed by atoms with Crippen LogP contribution >= 0.6 is 0 Å². The van der Waals surface area contributed by atoms with Crippen LogP contribution in [0.15, 0.2) is 0 Å². The number of nitrogens with one attached hydrogen (secondary N) is 2. The van der Waals surface area contributed by atoms with Crippen LogP contribution in [0.3, 0.4) is 0 Å². The lowest BCUT2D eigenvalue weighted by Crippen LogP contribution is -2.39. The molecule has 1 aliphatic carbocycles. The highest BCUT2D eigenvalue weighted by Crippen LogP contribution is 2.28. The minimum absolute atomic E-state index is 0.155. The zero-order valence-corrected chi connectivity index (χ0v) is 12.2. The van der Waals surface area contributed by atoms with Crippen molar-refractivity contribution in [3.8, 4) is 0 Å². The van der Waals surface area contributed by atoms with Gasteiger partial charge in [-0.3, -0.25) is 0 Å². The molecule has 0 radical (unpaired) electrons. The molecule has 0 unspecified atom stereocenters. The molecule has 106 valence electrons. The molecule has 5 heteroatoms. The molecule has 0 spiro atoms. The van der Waals surface area contributed by atoms with Crippen LogP contribution in [0, 0.1) is 6.92 Å². The van der Waals surface area contributed by atoms with E-state index in [0.717, 1.165) is 42.4 Å². The van der Waals surface area contributed by atoms with Crippen LogP contribution in [-0.4, -0.2) is 33.8 Å². The smallest absolute Gasteiger partial charge is 0.135 e. The van der Waals surface area contributed by atoms with E-state index in [1.54, 1.807) is 0 Å². The van der Waals surface area contributed by atoms with Gasteiger partial charge in [0, 0.05) is 24.1 Å². The first-order valence-corrected chi connectivity index (χ1v) is 7.08. The van der Waals surface area contributed by atoms with Gasteiger partial charge in [0.1, 0.15) is 17.5 Å². The van der Waals surface area contributed by atoms with Gasteiger partial charge in [-0.2, -0.15) is 0 Å². The lowest BCUT2D eigenvalue weighted by Gasteiger charge is -2.33. The normalized spacial score (nSPS) is 22.2. The van der Waals surface area contributed by atoms with Gasteiger partial charge in [-0.15, -0.1) is 0 Å². The van der Waals surface area contributed by atoms with Crippen LogP contribution < -0.4 is 10.6 Å². The molecule has 2 rings (SSSR count). The summed E-state index contributed by atoms with van der Waals surface area (Å²) in [5, 5.41) is 16.1. The van der Waals surface area contributed by atoms with Gasteiger partial charge >= 0.3 is 0 Å². The highest BCUT2D eigenvalue weighted by atomic mass is 16.3. The van der Waals surface area contributed by atoms with Crippen LogP contribution in [0.25, 0.3) is 0 Å². The fourth-order valence-corrected chi connectivity index (χ4v) is 2.17. The van der Waals surface area contributed by atoms with Crippen LogP contribution in [0.4, 0.5) is 11.6 Å². The number of aromatic nitrogens is 2. The summed E-state index contributed by atoms with van der Waals surface area (Å²) in [7, 11) is 0. The summed E-state index contributed by atoms with van der Waals surface area (Å²) in [5.74, 6) is 2.95. The molecule has 1 aliphatic rings. The number of anilines is 2. The van der Waals surface area contributed by atoms with Gasteiger partial charge in [0.25, 0.3) is 0 Å². The minimum atomic E-state index is -0.155. The summed E-state index contributed by atoms with van der Waals surface area (Å²) < 4.78 is 0. The second-order valence-electron chi connectivity index (χ2n) is 5.56. The second-order valence-corrected chi connectivity index (χ2v) is 5.56. The Morgan fingerprint density at radius 1 is 1.26 bits per heavy atom. The van der Waals surface area contributed by atoms with Crippen molar-refractivity contribution in [1.29, 1.82) is 0 Å². The molecular weight excluding hydrogens is 240 g/mol. The molecule has 3 N–H and O–H groups in total. The summed E-state index contributed by atoms with van der Waals surface area (Å²) in [4.78, 5) is 9.19. The Kier molecular flexibility index (Phi) is 4.24. The molecular formula is C14H24N4O. The molecule has 1 aromatic heterocycles. The highest BCUT2D eigenvalue weighted by molar-refractivity contribution is 5.58. The van der Waals surface area contributed by atoms with Crippen molar-refractivity contribution >= 4 is 11.6 Å². The van der Waals surface area contributed by atoms with Crippen molar-refractivity contribution in [3.05, 3.63) is 11.4 Å². The van der Waals surface area contributed by atoms with Crippen LogP contribution in [0.5, 0.6) is 0 Å². The molecule has 0 saturated heterocycles. The van der Waals surface area contributed by atoms with E-state index in [-0.39, 0.29) is 6.10 Å². The quantitative estimate of drug-likeness (QED) is 0.761. The van der Waals surface area contributed by atoms with Gasteiger partial charge in [0.05, 0.1) is 6.10 Å². The van der Waals surface area contributed by atoms with Crippen molar-refractivity contribution in [2.45, 2.75) is 58.6 Å². The number of aliphatic hydroxyl groups is 1. The van der Waals surface area contributed by atoms with Crippen LogP contribution in [0.1, 0.15) is 50.9 Å². The Morgan fingerprint density at radius 2 is 1.89 bits per heavy atom. The van der Waals surface area contributed by atoms with Gasteiger partial charge in [0.15, 0.2) is 0 Å². The molecule has 0 bridgehead atoms. The van der Waals surface area contributed by atoms with Crippen molar-refractivity contribution in [1.82, 2.24) is 9.97 Å². The molecule has 5 nitrogen and oxygen atoms in total. The first kappa shape index (κ1) is 14.1. The maximum absolute atomic E-state index is 9.36. The van der Waals surface area contributed by atoms with Crippen molar-refractivity contribution in [2.24, 2.45) is 0 Å². The predicted molar refractivity (Wildman–Crippen MR) is 77.7 cm³/mol. The summed E-state index contributed by atoms with van der Waals surface area (Å²) >= 11 is 0. The second kappa shape index (κ2) is 5.74. The first-order chi connectivity index (χ1) is 9.01. The standard InChI is InChI=1S/C14H24N4O/c1-5-15-13-9(4)14(16-10-6-11(19)7-10)18-12(17-13)8(2)3/h8,10-11,19H,5-7H2,1-4H3,(H2,15,16,17,18). The third-order valence-electron chi connectivity index (χ3n) is 3.48. The number of rotatable bonds is 5. The molecule has 0 aliphatic heterocycles. The van der Waals surface area contributed by atoms with E-state index in [2.05, 4.69) is 41.4 Å². The number of hydrogen-bond donors (Lipinski definition) is 3. The Balaban J connectivity index is 2.24. The average Bonchev–Trinajstić information content (AvgIpc) is 2.31. The van der Waals surface area contributed by atoms with E-state index in [9.17, 15) is 5.11 Å². The lowest BCUT2D eigenvalue weighted by molar-refractivity contribution is 0.0835. The molecule has 1 heterocycles. The molecule has 1 fully saturated rings. The number of nitrogens with zero attached hydrogens (tertiary/aromatic N) is 2. The number of hydrogen-bond acceptors (Lipinski definition) is 5. The Bertz CT molecular complexity index is 441. The van der Waals surface area contributed by atoms with Crippen LogP contribution in [0.2, 0.25) is 0 Å². The average molecular weight is 264 g/mol. The lowest BCUT2D eigenvalue weighted by atomic mass is 9.89. The maximum Gasteiger partial charge on any atom is 0.135 e. The largest absolute Gasteiger partial charge is 0.393 e. The van der Waals surface area contributed by atoms with E-state index in [0.29, 0.717) is 12.0 Å². The zero-order chi connectivity index (χ0) is 14.0. The zero-order valence-electron chi connectivity index (χ0n) is 12.2. The molecule has 19 heavy (non-hydrogen) atoms. The SMILES string of the molecule is CCNc1nc(C(C)C)nc(NC2CC(O)C2)c1C. The maximum atomic E-state index is 9.36. The summed E-state index contributed by atoms with van der Waals surface area (Å²) in [6.07, 6.45) is 1.45. The number of aliphatic hydroxyl groups excluding tert-OH is 1. The Morgan fingerprint density at radius 3 is 2.42 bits per heavy atom. The Hall–Kier alpha value is -1.36. The molecule has 1 aromatic rings. The van der Waals surface area contributed by atoms with E-state index >= 15 is 0 Å². The summed E-state index contributed by atoms with van der Waals surface area (Å²) in [6.45, 7) is 9.12. The van der Waals surface area contributed by atoms with Crippen molar-refractivity contribution < 1.29 is 5.11 Å². The predicted octanol–water partition coefficient (Wildman–Crippen LogP) is 2.28. The van der Waals surface area contributed by atoms with Gasteiger partial charge in [-0.1, -0.05) is 13.8 Å². The van der Waals surface area contributed by atoms with Crippen LogP contribution in [-0.2, 0) is 0 Å². The molecule has 0 amide bonds. The third-order valence-corrected chi connectivity index (χ3v) is 3.48. The fraction of sp³-hybridized carbons (Fsp3) is 0.714. The topological polar surface area (TPSA) is 70.1 Å². The van der Waals surface area contributed by atoms with E-state index in [1.807, 2.05) is 6.92 Å². The van der Waals surface area contributed by atoms with Crippen molar-refractivity contribution in [2.75, 3.05) is 17.2 Å². The monoisotopic (exact) mass is 264 g/mol. The minimum Gasteiger partial charge on any atom is -0.393 e. The summed E-state index contributed by atoms with van der Waals surface area (Å²) in [5.41, 5.74) is 1.05. The molecule has 0 atom stereocenters. The fourth-order valence-electron chi connectivity index (χ4n) is 2.17. The Labute approximate surface area is 114 Å². The highest BCUT2D eigenvalue weighted by Gasteiger charge is 2.28. The first-order valence-electron chi connectivity index (χ1n) is 7.08. The van der Waals surface area contributed by atoms with E-state index < -0.39 is 0 Å². The molecule has 0 aromatic carbocycles. The van der Waals surface area contributed by atoms with Gasteiger partial charge in [0.2, 0.25) is 0 Å². The van der Waals surface area contributed by atoms with E-state index in [1.165, 1.54) is 0 Å². The third kappa shape index (κ3) is 3.15. The van der Waals surface area contributed by atoms with E-state index in [4.69, 9.17) is 0 Å². The van der Waals surface area contributed by atoms with Gasteiger partial charge < -0.3 is 15.7 Å². The van der Waals surface area contributed by atoms with Crippen molar-refractivity contribution in [3.63, 3.8) is 0 Å². The van der Waals surface area contributed by atoms with Gasteiger partial charge in [-0.25, -0.2) is 9.97 Å². The molecule has 1 saturated carbocycles.